The number of carboxylic acid groups (broad SMARTS) is 1. The van der Waals surface area contributed by atoms with Crippen molar-refractivity contribution in [3.05, 3.63) is 63.7 Å². The van der Waals surface area contributed by atoms with Gasteiger partial charge in [0.25, 0.3) is 0 Å². The lowest BCUT2D eigenvalue weighted by atomic mass is 10.1. The van der Waals surface area contributed by atoms with Gasteiger partial charge in [-0.15, -0.1) is 11.3 Å². The minimum atomic E-state index is -3.88. The van der Waals surface area contributed by atoms with Crippen molar-refractivity contribution in [2.45, 2.75) is 9.96 Å². The minimum Gasteiger partial charge on any atom is -0.507 e. The zero-order valence-corrected chi connectivity index (χ0v) is 17.2. The molecule has 0 spiro atoms. The Bertz CT molecular complexity index is 1200. The van der Waals surface area contributed by atoms with Crippen molar-refractivity contribution in [2.24, 2.45) is 0 Å². The van der Waals surface area contributed by atoms with E-state index in [0.29, 0.717) is 0 Å². The first kappa shape index (κ1) is 21.1. The molecule has 0 radical (unpaired) electrons. The van der Waals surface area contributed by atoms with Gasteiger partial charge >= 0.3 is 5.97 Å². The van der Waals surface area contributed by atoms with Gasteiger partial charge in [-0.25, -0.2) is 17.6 Å². The fourth-order valence-electron chi connectivity index (χ4n) is 2.70. The van der Waals surface area contributed by atoms with Gasteiger partial charge in [-0.1, -0.05) is 29.8 Å². The van der Waals surface area contributed by atoms with Crippen LogP contribution in [-0.4, -0.2) is 31.7 Å². The van der Waals surface area contributed by atoms with Crippen LogP contribution in [0.2, 0.25) is 4.34 Å². The average molecular weight is 457 g/mol. The summed E-state index contributed by atoms with van der Waals surface area (Å²) in [6.07, 6.45) is 0. The van der Waals surface area contributed by atoms with Gasteiger partial charge in [0.05, 0.1) is 12.9 Å². The zero-order valence-electron chi connectivity index (χ0n) is 14.8. The third-order valence-electron chi connectivity index (χ3n) is 4.09. The molecule has 0 saturated heterocycles. The number of halogens is 2. The second-order valence-electron chi connectivity index (χ2n) is 5.99. The highest BCUT2D eigenvalue weighted by Gasteiger charge is 2.24. The number of rotatable bonds is 6. The van der Waals surface area contributed by atoms with Crippen LogP contribution in [0.3, 0.4) is 0 Å². The number of aromatic carboxylic acids is 1. The molecular formula is C19H14ClFO6S2. The largest absolute Gasteiger partial charge is 0.507 e. The topological polar surface area (TPSA) is 101 Å². The Balaban J connectivity index is 1.96. The van der Waals surface area contributed by atoms with Crippen LogP contribution >= 0.6 is 22.9 Å². The van der Waals surface area contributed by atoms with Gasteiger partial charge in [0, 0.05) is 11.1 Å². The van der Waals surface area contributed by atoms with Crippen molar-refractivity contribution in [3.8, 4) is 22.6 Å². The molecular weight excluding hydrogens is 443 g/mol. The van der Waals surface area contributed by atoms with Gasteiger partial charge < -0.3 is 14.9 Å². The van der Waals surface area contributed by atoms with E-state index in [2.05, 4.69) is 0 Å². The van der Waals surface area contributed by atoms with E-state index in [9.17, 15) is 22.7 Å². The molecule has 0 fully saturated rings. The summed E-state index contributed by atoms with van der Waals surface area (Å²) in [5.74, 6) is -3.01. The summed E-state index contributed by atoms with van der Waals surface area (Å²) < 4.78 is 45.0. The zero-order chi connectivity index (χ0) is 21.3. The number of thiophene rings is 1. The van der Waals surface area contributed by atoms with Crippen molar-refractivity contribution in [2.75, 3.05) is 7.11 Å². The number of carbonyl (C=O) groups is 1. The Morgan fingerprint density at radius 1 is 1.21 bits per heavy atom. The molecule has 29 heavy (non-hydrogen) atoms. The number of phenols is 1. The lowest BCUT2D eigenvalue weighted by molar-refractivity contribution is 0.0693. The highest BCUT2D eigenvalue weighted by atomic mass is 35.5. The van der Waals surface area contributed by atoms with Crippen molar-refractivity contribution >= 4 is 38.7 Å². The monoisotopic (exact) mass is 456 g/mol. The molecule has 0 saturated carbocycles. The van der Waals surface area contributed by atoms with E-state index in [0.717, 1.165) is 23.5 Å². The van der Waals surface area contributed by atoms with Crippen LogP contribution in [-0.2, 0) is 15.6 Å². The molecule has 152 valence electrons. The predicted octanol–water partition coefficient (Wildman–Crippen LogP) is 4.59. The molecule has 0 amide bonds. The lowest BCUT2D eigenvalue weighted by Crippen LogP contribution is -2.04. The highest BCUT2D eigenvalue weighted by molar-refractivity contribution is 7.92. The van der Waals surface area contributed by atoms with Crippen LogP contribution in [0.25, 0.3) is 11.1 Å². The third-order valence-corrected chi connectivity index (χ3v) is 7.70. The van der Waals surface area contributed by atoms with Crippen LogP contribution in [0.4, 0.5) is 4.39 Å². The summed E-state index contributed by atoms with van der Waals surface area (Å²) in [5, 5.41) is 18.7. The first-order valence-corrected chi connectivity index (χ1v) is 10.9. The van der Waals surface area contributed by atoms with Crippen LogP contribution in [0.15, 0.2) is 46.7 Å². The Morgan fingerprint density at radius 3 is 2.55 bits per heavy atom. The Kier molecular flexibility index (Phi) is 5.83. The normalized spacial score (nSPS) is 11.4. The smallest absolute Gasteiger partial charge is 0.339 e. The maximum atomic E-state index is 14.5. The standard InChI is InChI=1S/C19H14ClFO6S2/c1-27-15-4-2-3-11(17(15)21)13-8-16(28-18(13)20)29(25,26)9-10-5-6-12(19(23)24)14(22)7-10/h2-8,22H,9H2,1H3,(H,23,24). The molecule has 0 aliphatic carbocycles. The first-order valence-electron chi connectivity index (χ1n) is 8.04. The fourth-order valence-corrected chi connectivity index (χ4v) is 5.87. The van der Waals surface area contributed by atoms with E-state index in [1.54, 1.807) is 6.07 Å². The number of hydrogen-bond acceptors (Lipinski definition) is 6. The number of hydrogen-bond donors (Lipinski definition) is 2. The second kappa shape index (κ2) is 8.02. The van der Waals surface area contributed by atoms with Crippen molar-refractivity contribution in [1.29, 1.82) is 0 Å². The van der Waals surface area contributed by atoms with Gasteiger partial charge in [0.1, 0.15) is 19.9 Å². The Hall–Kier alpha value is -2.62. The van der Waals surface area contributed by atoms with E-state index in [-0.39, 0.29) is 36.5 Å². The summed E-state index contributed by atoms with van der Waals surface area (Å²) >= 11 is 6.96. The van der Waals surface area contributed by atoms with Crippen molar-refractivity contribution in [3.63, 3.8) is 0 Å². The summed E-state index contributed by atoms with van der Waals surface area (Å²) in [6, 6.07) is 9.26. The summed E-state index contributed by atoms with van der Waals surface area (Å²) in [5.41, 5.74) is 0.193. The molecule has 3 rings (SSSR count). The molecule has 0 unspecified atom stereocenters. The van der Waals surface area contributed by atoms with Gasteiger partial charge in [-0.05, 0) is 29.8 Å². The Morgan fingerprint density at radius 2 is 1.93 bits per heavy atom. The maximum Gasteiger partial charge on any atom is 0.339 e. The molecule has 6 nitrogen and oxygen atoms in total. The first-order chi connectivity index (χ1) is 13.6. The summed E-state index contributed by atoms with van der Waals surface area (Å²) in [6.45, 7) is 0. The SMILES string of the molecule is COc1cccc(-c2cc(S(=O)(=O)Cc3ccc(C(=O)O)c(O)c3)sc2Cl)c1F. The number of sulfone groups is 1. The van der Waals surface area contributed by atoms with E-state index in [1.165, 1.54) is 31.4 Å². The van der Waals surface area contributed by atoms with E-state index in [1.807, 2.05) is 0 Å². The molecule has 3 aromatic rings. The number of ether oxygens (including phenoxy) is 1. The number of aromatic hydroxyl groups is 1. The molecule has 1 heterocycles. The Labute approximate surface area is 174 Å². The second-order valence-corrected chi connectivity index (χ2v) is 9.86. The average Bonchev–Trinajstić information content (AvgIpc) is 3.04. The van der Waals surface area contributed by atoms with Crippen molar-refractivity contribution in [1.82, 2.24) is 0 Å². The molecule has 0 bridgehead atoms. The van der Waals surface area contributed by atoms with Gasteiger partial charge in [0.2, 0.25) is 0 Å². The number of carboxylic acids is 1. The van der Waals surface area contributed by atoms with Gasteiger partial charge in [-0.3, -0.25) is 0 Å². The van der Waals surface area contributed by atoms with E-state index in [4.69, 9.17) is 21.4 Å². The molecule has 0 aliphatic rings. The van der Waals surface area contributed by atoms with E-state index >= 15 is 0 Å². The molecule has 0 atom stereocenters. The van der Waals surface area contributed by atoms with Gasteiger partial charge in [-0.2, -0.15) is 0 Å². The molecule has 10 heteroatoms. The maximum absolute atomic E-state index is 14.5. The minimum absolute atomic E-state index is 0.00293. The van der Waals surface area contributed by atoms with Crippen LogP contribution in [0.5, 0.6) is 11.5 Å². The van der Waals surface area contributed by atoms with Crippen molar-refractivity contribution < 1.29 is 32.6 Å². The predicted molar refractivity (Wildman–Crippen MR) is 107 cm³/mol. The lowest BCUT2D eigenvalue weighted by Gasteiger charge is -2.06. The highest BCUT2D eigenvalue weighted by Crippen LogP contribution is 2.41. The molecule has 2 aromatic carbocycles. The van der Waals surface area contributed by atoms with Crippen LogP contribution in [0, 0.1) is 5.82 Å². The molecule has 2 N–H and O–H groups in total. The van der Waals surface area contributed by atoms with E-state index < -0.39 is 33.1 Å². The third kappa shape index (κ3) is 4.21. The van der Waals surface area contributed by atoms with Crippen LogP contribution in [0.1, 0.15) is 15.9 Å². The summed E-state index contributed by atoms with van der Waals surface area (Å²) in [4.78, 5) is 11.0. The molecule has 1 aromatic heterocycles. The summed E-state index contributed by atoms with van der Waals surface area (Å²) in [7, 11) is -2.56. The quantitative estimate of drug-likeness (QED) is 0.562. The number of methoxy groups -OCH3 is 1. The van der Waals surface area contributed by atoms with Gasteiger partial charge in [0.15, 0.2) is 21.4 Å². The molecule has 0 aliphatic heterocycles. The fraction of sp³-hybridized carbons (Fsp3) is 0.105. The van der Waals surface area contributed by atoms with Crippen LogP contribution < -0.4 is 4.74 Å². The number of benzene rings is 2.